The van der Waals surface area contributed by atoms with E-state index in [1.54, 1.807) is 0 Å². The minimum atomic E-state index is 1.16. The van der Waals surface area contributed by atoms with Crippen LogP contribution in [0.3, 0.4) is 0 Å². The summed E-state index contributed by atoms with van der Waals surface area (Å²) in [6, 6.07) is 24.8. The van der Waals surface area contributed by atoms with E-state index < -0.39 is 0 Å². The molecule has 0 saturated carbocycles. The van der Waals surface area contributed by atoms with Crippen molar-refractivity contribution in [1.82, 2.24) is 0 Å². The number of hydrogen-bond acceptors (Lipinski definition) is 0. The Bertz CT molecular complexity index is 855. The summed E-state index contributed by atoms with van der Waals surface area (Å²) < 4.78 is 0. The van der Waals surface area contributed by atoms with E-state index >= 15 is 0 Å². The average Bonchev–Trinajstić information content (AvgIpc) is 2.72. The highest BCUT2D eigenvalue weighted by Gasteiger charge is 2.11. The lowest BCUT2D eigenvalue weighted by molar-refractivity contribution is 0.795. The number of hydrogen-bond donors (Lipinski definition) is 0. The molecule has 0 heterocycles. The fraction of sp³-hybridized carbons (Fsp3) is 0.333. The van der Waals surface area contributed by atoms with Crippen molar-refractivity contribution in [3.63, 3.8) is 0 Å². The topological polar surface area (TPSA) is 0 Å². The molecule has 0 spiro atoms. The van der Waals surface area contributed by atoms with E-state index in [1.165, 1.54) is 71.0 Å². The molecular formula is C27H32. The Morgan fingerprint density at radius 3 is 1.96 bits per heavy atom. The number of unbranched alkanes of at least 4 members (excludes halogenated alkanes) is 2. The van der Waals surface area contributed by atoms with E-state index in [-0.39, 0.29) is 0 Å². The van der Waals surface area contributed by atoms with Crippen molar-refractivity contribution >= 4 is 0 Å². The first-order chi connectivity index (χ1) is 13.2. The third kappa shape index (κ3) is 4.69. The Morgan fingerprint density at radius 2 is 1.22 bits per heavy atom. The predicted molar refractivity (Wildman–Crippen MR) is 119 cm³/mol. The molecule has 0 heteroatoms. The van der Waals surface area contributed by atoms with Crippen LogP contribution in [-0.2, 0) is 12.8 Å². The molecule has 0 bridgehead atoms. The van der Waals surface area contributed by atoms with Crippen LogP contribution in [0.4, 0.5) is 0 Å². The van der Waals surface area contributed by atoms with Crippen molar-refractivity contribution in [2.45, 2.75) is 59.3 Å². The summed E-state index contributed by atoms with van der Waals surface area (Å²) in [6.07, 6.45) is 7.33. The van der Waals surface area contributed by atoms with Gasteiger partial charge >= 0.3 is 0 Å². The van der Waals surface area contributed by atoms with Crippen molar-refractivity contribution in [1.29, 1.82) is 0 Å². The molecule has 3 aromatic carbocycles. The van der Waals surface area contributed by atoms with Crippen LogP contribution in [0.25, 0.3) is 22.3 Å². The molecule has 0 aliphatic rings. The van der Waals surface area contributed by atoms with Gasteiger partial charge in [0.05, 0.1) is 0 Å². The van der Waals surface area contributed by atoms with E-state index in [1.807, 2.05) is 0 Å². The van der Waals surface area contributed by atoms with Crippen LogP contribution in [0, 0.1) is 6.92 Å². The maximum atomic E-state index is 2.30. The first kappa shape index (κ1) is 19.4. The summed E-state index contributed by atoms with van der Waals surface area (Å²) in [7, 11) is 0. The lowest BCUT2D eigenvalue weighted by atomic mass is 9.89. The van der Waals surface area contributed by atoms with Crippen LogP contribution in [0.5, 0.6) is 0 Å². The Labute approximate surface area is 165 Å². The molecule has 3 aromatic rings. The van der Waals surface area contributed by atoms with Crippen molar-refractivity contribution in [3.05, 3.63) is 83.4 Å². The maximum Gasteiger partial charge on any atom is -0.0146 e. The lowest BCUT2D eigenvalue weighted by Gasteiger charge is -2.15. The minimum absolute atomic E-state index is 1.16. The predicted octanol–water partition coefficient (Wildman–Crippen LogP) is 8.01. The molecule has 0 aromatic heterocycles. The van der Waals surface area contributed by atoms with Gasteiger partial charge in [-0.25, -0.2) is 0 Å². The molecule has 0 nitrogen and oxygen atoms in total. The van der Waals surface area contributed by atoms with Crippen molar-refractivity contribution in [2.75, 3.05) is 0 Å². The van der Waals surface area contributed by atoms with E-state index in [0.29, 0.717) is 0 Å². The molecule has 0 amide bonds. The van der Waals surface area contributed by atoms with Crippen LogP contribution in [0.1, 0.15) is 56.2 Å². The smallest absolute Gasteiger partial charge is 0.0146 e. The van der Waals surface area contributed by atoms with E-state index in [4.69, 9.17) is 0 Å². The summed E-state index contributed by atoms with van der Waals surface area (Å²) in [4.78, 5) is 0. The third-order valence-corrected chi connectivity index (χ3v) is 5.52. The molecule has 0 N–H and O–H groups in total. The largest absolute Gasteiger partial charge is 0.0654 e. The highest BCUT2D eigenvalue weighted by Crippen LogP contribution is 2.34. The molecule has 3 rings (SSSR count). The lowest BCUT2D eigenvalue weighted by Crippen LogP contribution is -1.94. The normalized spacial score (nSPS) is 10.9. The van der Waals surface area contributed by atoms with Gasteiger partial charge in [-0.05, 0) is 71.6 Å². The highest BCUT2D eigenvalue weighted by molar-refractivity contribution is 5.79. The van der Waals surface area contributed by atoms with Gasteiger partial charge in [0, 0.05) is 0 Å². The zero-order valence-electron chi connectivity index (χ0n) is 17.1. The van der Waals surface area contributed by atoms with Crippen LogP contribution in [0.15, 0.2) is 66.7 Å². The molecule has 0 saturated heterocycles. The SMILES string of the molecule is CCCCc1ccc(-c2cccc(-c3ccccc3CCCC)c2C)cc1. The summed E-state index contributed by atoms with van der Waals surface area (Å²) >= 11 is 0. The van der Waals surface area contributed by atoms with Gasteiger partial charge < -0.3 is 0 Å². The van der Waals surface area contributed by atoms with Crippen LogP contribution < -0.4 is 0 Å². The van der Waals surface area contributed by atoms with Crippen molar-refractivity contribution in [3.8, 4) is 22.3 Å². The van der Waals surface area contributed by atoms with Crippen LogP contribution in [0.2, 0.25) is 0 Å². The second-order valence-corrected chi connectivity index (χ2v) is 7.54. The zero-order valence-corrected chi connectivity index (χ0v) is 17.1. The molecule has 140 valence electrons. The molecule has 0 aliphatic heterocycles. The summed E-state index contributed by atoms with van der Waals surface area (Å²) in [5, 5.41) is 0. The summed E-state index contributed by atoms with van der Waals surface area (Å²) in [6.45, 7) is 6.78. The fourth-order valence-electron chi connectivity index (χ4n) is 3.84. The quantitative estimate of drug-likeness (QED) is 0.383. The molecule has 0 fully saturated rings. The Kier molecular flexibility index (Phi) is 6.87. The standard InChI is InChI=1S/C27H32/c1-4-6-11-22-17-19-24(20-18-22)25-15-10-16-26(21(25)3)27-14-9-8-13-23(27)12-7-5-2/h8-10,13-20H,4-7,11-12H2,1-3H3. The number of aryl methyl sites for hydroxylation is 2. The van der Waals surface area contributed by atoms with E-state index in [2.05, 4.69) is 87.5 Å². The van der Waals surface area contributed by atoms with Crippen molar-refractivity contribution < 1.29 is 0 Å². The van der Waals surface area contributed by atoms with E-state index in [9.17, 15) is 0 Å². The fourth-order valence-corrected chi connectivity index (χ4v) is 3.84. The van der Waals surface area contributed by atoms with Gasteiger partial charge in [-0.15, -0.1) is 0 Å². The Morgan fingerprint density at radius 1 is 0.593 bits per heavy atom. The molecule has 27 heavy (non-hydrogen) atoms. The second kappa shape index (κ2) is 9.55. The zero-order chi connectivity index (χ0) is 19.1. The molecular weight excluding hydrogens is 324 g/mol. The van der Waals surface area contributed by atoms with Crippen molar-refractivity contribution in [2.24, 2.45) is 0 Å². The van der Waals surface area contributed by atoms with E-state index in [0.717, 1.165) is 6.42 Å². The minimum Gasteiger partial charge on any atom is -0.0654 e. The second-order valence-electron chi connectivity index (χ2n) is 7.54. The maximum absolute atomic E-state index is 2.30. The van der Waals surface area contributed by atoms with Crippen LogP contribution >= 0.6 is 0 Å². The molecule has 0 radical (unpaired) electrons. The summed E-state index contributed by atoms with van der Waals surface area (Å²) in [5.41, 5.74) is 9.72. The Hall–Kier alpha value is -2.34. The van der Waals surface area contributed by atoms with Gasteiger partial charge in [0.25, 0.3) is 0 Å². The first-order valence-electron chi connectivity index (χ1n) is 10.5. The third-order valence-electron chi connectivity index (χ3n) is 5.52. The molecule has 0 aliphatic carbocycles. The monoisotopic (exact) mass is 356 g/mol. The highest BCUT2D eigenvalue weighted by atomic mass is 14.2. The van der Waals surface area contributed by atoms with Gasteiger partial charge in [-0.3, -0.25) is 0 Å². The van der Waals surface area contributed by atoms with Gasteiger partial charge in [0.1, 0.15) is 0 Å². The van der Waals surface area contributed by atoms with Gasteiger partial charge in [0.2, 0.25) is 0 Å². The molecule has 0 atom stereocenters. The average molecular weight is 357 g/mol. The number of rotatable bonds is 8. The van der Waals surface area contributed by atoms with Crippen LogP contribution in [-0.4, -0.2) is 0 Å². The van der Waals surface area contributed by atoms with Gasteiger partial charge in [-0.1, -0.05) is 93.4 Å². The first-order valence-corrected chi connectivity index (χ1v) is 10.5. The number of benzene rings is 3. The summed E-state index contributed by atoms with van der Waals surface area (Å²) in [5.74, 6) is 0. The Balaban J connectivity index is 1.95. The molecule has 0 unspecified atom stereocenters. The van der Waals surface area contributed by atoms with Gasteiger partial charge in [0.15, 0.2) is 0 Å². The van der Waals surface area contributed by atoms with Gasteiger partial charge in [-0.2, -0.15) is 0 Å².